The van der Waals surface area contributed by atoms with Crippen LogP contribution in [0, 0.1) is 5.82 Å². The number of nitrogens with zero attached hydrogens (tertiary/aromatic N) is 5. The van der Waals surface area contributed by atoms with Gasteiger partial charge in [-0.3, -0.25) is 4.90 Å². The molecule has 191 valence electrons. The molecule has 10 heteroatoms. The number of alkyl halides is 1. The van der Waals surface area contributed by atoms with Crippen LogP contribution in [-0.4, -0.2) is 74.4 Å². The van der Waals surface area contributed by atoms with Crippen molar-refractivity contribution < 1.29 is 18.0 Å². The number of likely N-dealkylation sites (tertiary alicyclic amines) is 1. The lowest BCUT2D eigenvalue weighted by Gasteiger charge is -2.48. The summed E-state index contributed by atoms with van der Waals surface area (Å²) in [6.07, 6.45) is 3.34. The second-order valence-corrected chi connectivity index (χ2v) is 15.6. The van der Waals surface area contributed by atoms with Crippen LogP contribution in [0.3, 0.4) is 0 Å². The van der Waals surface area contributed by atoms with Crippen LogP contribution in [0.2, 0.25) is 18.1 Å². The Morgan fingerprint density at radius 3 is 2.46 bits per heavy atom. The van der Waals surface area contributed by atoms with Crippen LogP contribution >= 0.6 is 0 Å². The van der Waals surface area contributed by atoms with Crippen molar-refractivity contribution in [2.24, 2.45) is 5.16 Å². The Bertz CT molecular complexity index is 1040. The van der Waals surface area contributed by atoms with Crippen molar-refractivity contribution in [2.45, 2.75) is 51.6 Å². The first-order chi connectivity index (χ1) is 16.6. The van der Waals surface area contributed by atoms with Gasteiger partial charge in [0.2, 0.25) is 5.95 Å². The molecule has 0 aliphatic carbocycles. The maximum Gasteiger partial charge on any atom is 0.225 e. The van der Waals surface area contributed by atoms with Gasteiger partial charge in [0.25, 0.3) is 0 Å². The molecule has 2 aliphatic heterocycles. The summed E-state index contributed by atoms with van der Waals surface area (Å²) in [7, 11) is -1.98. The fourth-order valence-electron chi connectivity index (χ4n) is 3.65. The number of rotatable bonds is 9. The smallest absolute Gasteiger partial charge is 0.225 e. The number of benzene rings is 1. The molecule has 0 radical (unpaired) electrons. The van der Waals surface area contributed by atoms with Gasteiger partial charge in [0.1, 0.15) is 12.5 Å². The summed E-state index contributed by atoms with van der Waals surface area (Å²) in [4.78, 5) is 18.4. The van der Waals surface area contributed by atoms with Crippen LogP contribution in [0.25, 0.3) is 11.1 Å². The third kappa shape index (κ3) is 5.87. The molecule has 0 bridgehead atoms. The molecule has 2 aliphatic rings. The quantitative estimate of drug-likeness (QED) is 0.367. The molecule has 1 aromatic carbocycles. The minimum atomic E-state index is -1.98. The summed E-state index contributed by atoms with van der Waals surface area (Å²) in [6, 6.07) is 5.35. The van der Waals surface area contributed by atoms with Gasteiger partial charge in [0.05, 0.1) is 18.8 Å². The van der Waals surface area contributed by atoms with Crippen molar-refractivity contribution in [1.29, 1.82) is 0 Å². The zero-order valence-electron chi connectivity index (χ0n) is 21.2. The lowest BCUT2D eigenvalue weighted by molar-refractivity contribution is -0.0543. The van der Waals surface area contributed by atoms with Crippen molar-refractivity contribution in [3.63, 3.8) is 0 Å². The normalized spacial score (nSPS) is 17.2. The average Bonchev–Trinajstić information content (AvgIpc) is 2.75. The van der Waals surface area contributed by atoms with Gasteiger partial charge in [-0.15, -0.1) is 18.1 Å². The Morgan fingerprint density at radius 1 is 1.14 bits per heavy atom. The van der Waals surface area contributed by atoms with E-state index in [4.69, 9.17) is 9.26 Å². The molecule has 2 saturated heterocycles. The van der Waals surface area contributed by atoms with Gasteiger partial charge in [-0.25, -0.2) is 18.7 Å². The molecule has 7 nitrogen and oxygen atoms in total. The summed E-state index contributed by atoms with van der Waals surface area (Å²) in [5.74, 6) is 0.280. The van der Waals surface area contributed by atoms with Gasteiger partial charge < -0.3 is 14.2 Å². The number of halogens is 2. The highest BCUT2D eigenvalue weighted by Gasteiger charge is 2.30. The standard InChI is InChI=1S/C25H35F2N5O2Si/c1-25(2,3)35(4,5)33-17-18-7-6-8-22(23(18)27)19-11-28-24(29-12-19)32-13-20(14-32)30-34-21-15-31(16-21)10-9-26/h6-8,11-12,21H,9-10,13-17H2,1-5H3/q-1. The number of aromatic nitrogens is 2. The van der Waals surface area contributed by atoms with E-state index in [1.165, 1.54) is 0 Å². The van der Waals surface area contributed by atoms with Crippen molar-refractivity contribution in [2.75, 3.05) is 44.3 Å². The third-order valence-electron chi connectivity index (χ3n) is 7.11. The Labute approximate surface area is 207 Å². The summed E-state index contributed by atoms with van der Waals surface area (Å²) in [5, 5.41) is 4.26. The molecule has 2 aromatic rings. The molecule has 0 spiro atoms. The highest BCUT2D eigenvalue weighted by atomic mass is 28.4. The molecule has 0 saturated carbocycles. The Balaban J connectivity index is 1.32. The first-order valence-corrected chi connectivity index (χ1v) is 15.0. The topological polar surface area (TPSA) is 63.1 Å². The Morgan fingerprint density at radius 2 is 1.83 bits per heavy atom. The molecule has 4 rings (SSSR count). The maximum atomic E-state index is 15.3. The number of oxime groups is 1. The fraction of sp³-hybridized carbons (Fsp3) is 0.560. The van der Waals surface area contributed by atoms with E-state index >= 15 is 4.39 Å². The van der Waals surface area contributed by atoms with Crippen LogP contribution in [-0.2, 0) is 15.9 Å². The van der Waals surface area contributed by atoms with Gasteiger partial charge in [-0.1, -0.05) is 44.1 Å². The molecule has 1 aromatic heterocycles. The van der Waals surface area contributed by atoms with Gasteiger partial charge in [-0.05, 0) is 8.32 Å². The zero-order valence-corrected chi connectivity index (χ0v) is 22.2. The van der Waals surface area contributed by atoms with E-state index in [1.54, 1.807) is 24.5 Å². The highest BCUT2D eigenvalue weighted by Crippen LogP contribution is 2.37. The minimum absolute atomic E-state index is 0.0385. The van der Waals surface area contributed by atoms with Crippen LogP contribution < -0.4 is 4.90 Å². The van der Waals surface area contributed by atoms with Crippen LogP contribution in [0.1, 0.15) is 26.3 Å². The zero-order chi connectivity index (χ0) is 25.2. The molecule has 3 heterocycles. The van der Waals surface area contributed by atoms with Crippen molar-refractivity contribution >= 4 is 20.0 Å². The molecular formula is C25H35F2N5O2Si-. The molecular weight excluding hydrogens is 468 g/mol. The second-order valence-electron chi connectivity index (χ2n) is 10.8. The maximum absolute atomic E-state index is 15.3. The van der Waals surface area contributed by atoms with Gasteiger partial charge in [0, 0.05) is 55.3 Å². The first kappa shape index (κ1) is 25.7. The molecule has 0 unspecified atom stereocenters. The monoisotopic (exact) mass is 503 g/mol. The second kappa shape index (κ2) is 10.3. The van der Waals surface area contributed by atoms with Crippen molar-refractivity contribution in [3.8, 4) is 11.1 Å². The van der Waals surface area contributed by atoms with Gasteiger partial charge >= 0.3 is 0 Å². The van der Waals surface area contributed by atoms with E-state index in [0.717, 1.165) is 18.8 Å². The number of hydrogen-bond acceptors (Lipinski definition) is 7. The van der Waals surface area contributed by atoms with E-state index < -0.39 is 8.32 Å². The lowest BCUT2D eigenvalue weighted by atomic mass is 10.1. The average molecular weight is 504 g/mol. The van der Waals surface area contributed by atoms with E-state index in [9.17, 15) is 4.39 Å². The number of anilines is 1. The summed E-state index contributed by atoms with van der Waals surface area (Å²) in [6.45, 7) is 13.8. The van der Waals surface area contributed by atoms with Gasteiger partial charge in [0.15, 0.2) is 6.10 Å². The molecule has 2 fully saturated rings. The first-order valence-electron chi connectivity index (χ1n) is 12.1. The number of hydrogen-bond donors (Lipinski definition) is 0. The van der Waals surface area contributed by atoms with Crippen molar-refractivity contribution in [1.82, 2.24) is 14.9 Å². The summed E-state index contributed by atoms with van der Waals surface area (Å²) >= 11 is 0. The van der Waals surface area contributed by atoms with E-state index in [-0.39, 0.29) is 30.2 Å². The SMILES string of the molecule is CC(C)(C)[Si-](C)(C)OCc1cccc(-c2cnc(N3CC(=NOC4CN(CCF)C4)C3)nc2)c1F. The van der Waals surface area contributed by atoms with E-state index in [2.05, 4.69) is 49.0 Å². The largest absolute Gasteiger partial charge is 0.561 e. The predicted molar refractivity (Wildman–Crippen MR) is 136 cm³/mol. The highest BCUT2D eigenvalue weighted by molar-refractivity contribution is 6.74. The van der Waals surface area contributed by atoms with E-state index in [1.807, 2.05) is 15.9 Å². The fourth-order valence-corrected chi connectivity index (χ4v) is 4.60. The molecule has 0 atom stereocenters. The van der Waals surface area contributed by atoms with Crippen LogP contribution in [0.4, 0.5) is 14.7 Å². The van der Waals surface area contributed by atoms with E-state index in [0.29, 0.717) is 42.3 Å². The van der Waals surface area contributed by atoms with Crippen LogP contribution in [0.15, 0.2) is 35.7 Å². The van der Waals surface area contributed by atoms with Crippen LogP contribution in [0.5, 0.6) is 0 Å². The lowest BCUT2D eigenvalue weighted by Crippen LogP contribution is -2.53. The minimum Gasteiger partial charge on any atom is -0.561 e. The third-order valence-corrected chi connectivity index (χ3v) is 11.6. The summed E-state index contributed by atoms with van der Waals surface area (Å²) in [5.41, 5.74) is 2.55. The van der Waals surface area contributed by atoms with Gasteiger partial charge in [-0.2, -0.15) is 0 Å². The Hall–Kier alpha value is -2.43. The predicted octanol–water partition coefficient (Wildman–Crippen LogP) is 4.65. The summed E-state index contributed by atoms with van der Waals surface area (Å²) < 4.78 is 33.8. The van der Waals surface area contributed by atoms with Crippen molar-refractivity contribution in [3.05, 3.63) is 42.0 Å². The molecule has 0 N–H and O–H groups in total. The Kier molecular flexibility index (Phi) is 7.53. The molecule has 0 amide bonds. The molecule has 35 heavy (non-hydrogen) atoms.